The highest BCUT2D eigenvalue weighted by atomic mass is 16.5. The number of aliphatic hydroxyl groups is 1. The molecule has 2 atom stereocenters. The fraction of sp³-hybridized carbons (Fsp3) is 0.435. The third kappa shape index (κ3) is 10.4. The molecule has 3 aromatic heterocycles. The molecule has 0 radical (unpaired) electrons. The summed E-state index contributed by atoms with van der Waals surface area (Å²) in [5.41, 5.74) is 11.0. The fourth-order valence-electron chi connectivity index (χ4n) is 9.13. The first-order valence-corrected chi connectivity index (χ1v) is 22.7. The Hall–Kier alpha value is -6.78. The van der Waals surface area contributed by atoms with Gasteiger partial charge in [-0.25, -0.2) is 15.0 Å². The topological polar surface area (TPSA) is 247 Å². The average Bonchev–Trinajstić information content (AvgIpc) is 3.93. The number of hydrogen-bond acceptors (Lipinski definition) is 17. The van der Waals surface area contributed by atoms with E-state index < -0.39 is 30.0 Å². The monoisotopic (exact) mass is 917 g/mol. The molecular formula is C46H55N13O8. The van der Waals surface area contributed by atoms with Crippen LogP contribution in [0.25, 0.3) is 17.0 Å². The van der Waals surface area contributed by atoms with Gasteiger partial charge in [-0.15, -0.1) is 0 Å². The molecule has 0 spiro atoms. The summed E-state index contributed by atoms with van der Waals surface area (Å²) in [6.45, 7) is 7.26. The van der Waals surface area contributed by atoms with Gasteiger partial charge in [0, 0.05) is 99.5 Å². The summed E-state index contributed by atoms with van der Waals surface area (Å²) in [4.78, 5) is 76.1. The van der Waals surface area contributed by atoms with Gasteiger partial charge in [-0.05, 0) is 49.6 Å². The molecule has 9 rings (SSSR count). The lowest BCUT2D eigenvalue weighted by Gasteiger charge is -2.43. The zero-order valence-electron chi connectivity index (χ0n) is 37.1. The number of benzene rings is 2. The van der Waals surface area contributed by atoms with Crippen molar-refractivity contribution in [1.82, 2.24) is 44.4 Å². The second-order valence-corrected chi connectivity index (χ2v) is 16.8. The number of fused-ring (bicyclic) bond motifs is 2. The number of piperazine rings is 1. The molecule has 0 saturated carbocycles. The summed E-state index contributed by atoms with van der Waals surface area (Å²) in [6, 6.07) is 13.0. The number of carbonyl (C=O) groups excluding carboxylic acids is 4. The molecule has 2 unspecified atom stereocenters. The fourth-order valence-corrected chi connectivity index (χ4v) is 9.13. The van der Waals surface area contributed by atoms with Gasteiger partial charge in [0.2, 0.25) is 17.7 Å². The second-order valence-electron chi connectivity index (χ2n) is 16.8. The van der Waals surface area contributed by atoms with Crippen molar-refractivity contribution in [2.24, 2.45) is 0 Å². The zero-order chi connectivity index (χ0) is 46.3. The Morgan fingerprint density at radius 1 is 0.866 bits per heavy atom. The van der Waals surface area contributed by atoms with Crippen LogP contribution in [0.1, 0.15) is 47.8 Å². The molecule has 2 aromatic carbocycles. The molecule has 67 heavy (non-hydrogen) atoms. The summed E-state index contributed by atoms with van der Waals surface area (Å²) >= 11 is 0. The van der Waals surface area contributed by atoms with Gasteiger partial charge in [0.25, 0.3) is 5.91 Å². The van der Waals surface area contributed by atoms with Crippen molar-refractivity contribution >= 4 is 58.0 Å². The summed E-state index contributed by atoms with van der Waals surface area (Å²) in [5.74, 6) is -0.533. The van der Waals surface area contributed by atoms with E-state index in [0.29, 0.717) is 104 Å². The van der Waals surface area contributed by atoms with Crippen LogP contribution in [0.15, 0.2) is 73.4 Å². The van der Waals surface area contributed by atoms with Crippen molar-refractivity contribution in [3.8, 4) is 11.4 Å². The average molecular weight is 918 g/mol. The van der Waals surface area contributed by atoms with E-state index in [4.69, 9.17) is 24.9 Å². The Morgan fingerprint density at radius 3 is 2.39 bits per heavy atom. The third-order valence-electron chi connectivity index (χ3n) is 12.6. The summed E-state index contributed by atoms with van der Waals surface area (Å²) < 4.78 is 18.8. The minimum absolute atomic E-state index is 0.00522. The largest absolute Gasteiger partial charge is 0.382 e. The number of carbonyl (C=O) groups is 4. The summed E-state index contributed by atoms with van der Waals surface area (Å²) in [7, 11) is 0. The summed E-state index contributed by atoms with van der Waals surface area (Å²) in [5, 5.41) is 19.7. The van der Waals surface area contributed by atoms with E-state index in [1.807, 2.05) is 21.7 Å². The van der Waals surface area contributed by atoms with Crippen LogP contribution in [0.3, 0.4) is 0 Å². The highest BCUT2D eigenvalue weighted by Gasteiger charge is 2.45. The molecule has 3 fully saturated rings. The van der Waals surface area contributed by atoms with E-state index >= 15 is 0 Å². The number of anilines is 5. The van der Waals surface area contributed by atoms with Crippen molar-refractivity contribution in [3.05, 3.63) is 84.6 Å². The molecule has 0 aliphatic carbocycles. The molecule has 0 bridgehead atoms. The lowest BCUT2D eigenvalue weighted by molar-refractivity contribution is -0.140. The molecule has 4 amide bonds. The van der Waals surface area contributed by atoms with Gasteiger partial charge in [0.15, 0.2) is 17.7 Å². The number of aromatic nitrogens is 5. The number of aliphatic hydroxyl groups excluding tert-OH is 1. The van der Waals surface area contributed by atoms with Crippen molar-refractivity contribution in [3.63, 3.8) is 0 Å². The highest BCUT2D eigenvalue weighted by Crippen LogP contribution is 2.39. The Kier molecular flexibility index (Phi) is 14.1. The minimum Gasteiger partial charge on any atom is -0.382 e. The molecule has 21 nitrogen and oxygen atoms in total. The smallest absolute Gasteiger partial charge is 0.259 e. The van der Waals surface area contributed by atoms with Crippen LogP contribution >= 0.6 is 0 Å². The highest BCUT2D eigenvalue weighted by molar-refractivity contribution is 6.08. The number of rotatable bonds is 18. The Morgan fingerprint density at radius 2 is 1.63 bits per heavy atom. The van der Waals surface area contributed by atoms with E-state index in [1.54, 1.807) is 30.6 Å². The number of nitrogens with zero attached hydrogens (tertiary/aromatic N) is 9. The van der Waals surface area contributed by atoms with Crippen molar-refractivity contribution in [1.29, 1.82) is 0 Å². The number of imide groups is 1. The maximum atomic E-state index is 13.3. The Bertz CT molecular complexity index is 2560. The number of amides is 4. The second kappa shape index (κ2) is 20.8. The normalized spacial score (nSPS) is 19.2. The third-order valence-corrected chi connectivity index (χ3v) is 12.6. The number of likely N-dealkylation sites (tertiary alicyclic amines) is 1. The van der Waals surface area contributed by atoms with Crippen molar-refractivity contribution in [2.75, 3.05) is 107 Å². The van der Waals surface area contributed by atoms with Crippen LogP contribution in [-0.4, -0.2) is 165 Å². The van der Waals surface area contributed by atoms with Crippen LogP contribution in [0.4, 0.5) is 28.7 Å². The first-order valence-electron chi connectivity index (χ1n) is 22.7. The van der Waals surface area contributed by atoms with Crippen molar-refractivity contribution < 1.29 is 38.5 Å². The van der Waals surface area contributed by atoms with Crippen LogP contribution in [-0.2, 0) is 28.6 Å². The number of nitrogens with two attached hydrogens (primary N) is 1. The molecule has 4 aliphatic rings. The van der Waals surface area contributed by atoms with Crippen LogP contribution in [0.5, 0.6) is 0 Å². The van der Waals surface area contributed by atoms with Gasteiger partial charge in [-0.3, -0.25) is 39.3 Å². The number of nitrogens with one attached hydrogen (secondary N) is 3. The minimum atomic E-state index is -1.28. The van der Waals surface area contributed by atoms with E-state index in [0.717, 1.165) is 55.3 Å². The standard InChI is InChI=1S/C46H55N13O8/c47-38-27-48-26-35(52-38)36-28-58-16-12-50-43(58)42(53-36)51-30-4-6-31(7-5-30)55-17-19-56(20-18-55)32-10-14-57(15-11-32)40(61)29-67-25-24-66-23-22-65-21-13-49-34-3-1-2-33-41(34)46(64)59(45(33)63)37-8-9-39(60)54-44(37)62/h1-7,12,16,26-28,32,37,45,49,63H,8-11,13-15,17-25,29H2,(H2,47,52)(H,51,53)(H,54,60,62). The molecule has 21 heteroatoms. The van der Waals surface area contributed by atoms with Gasteiger partial charge in [0.1, 0.15) is 29.9 Å². The quantitative estimate of drug-likeness (QED) is 0.0624. The van der Waals surface area contributed by atoms with E-state index in [-0.39, 0.29) is 25.4 Å². The lowest BCUT2D eigenvalue weighted by Crippen LogP contribution is -2.54. The van der Waals surface area contributed by atoms with Gasteiger partial charge in [-0.1, -0.05) is 12.1 Å². The predicted molar refractivity (Wildman–Crippen MR) is 246 cm³/mol. The Labute approximate surface area is 386 Å². The first kappa shape index (κ1) is 45.4. The van der Waals surface area contributed by atoms with Crippen molar-refractivity contribution in [2.45, 2.75) is 44.0 Å². The number of imidazole rings is 1. The number of ether oxygens (including phenoxy) is 3. The molecule has 4 aliphatic heterocycles. The molecule has 6 N–H and O–H groups in total. The molecule has 5 aromatic rings. The first-order chi connectivity index (χ1) is 32.7. The SMILES string of the molecule is Nc1cncc(-c2cn3ccnc3c(Nc3ccc(N4CCN(C5CCN(C(=O)COCCOCCOCCNc6cccc7c6C(=O)N(C6CCC(=O)NC6=O)C7O)CC5)CC4)cc3)n2)n1. The molecule has 7 heterocycles. The van der Waals surface area contributed by atoms with Crippen LogP contribution in [0, 0.1) is 0 Å². The predicted octanol–water partition coefficient (Wildman–Crippen LogP) is 2.04. The maximum Gasteiger partial charge on any atom is 0.259 e. The van der Waals surface area contributed by atoms with Gasteiger partial charge >= 0.3 is 0 Å². The van der Waals surface area contributed by atoms with E-state index in [2.05, 4.69) is 65.0 Å². The lowest BCUT2D eigenvalue weighted by atomic mass is 10.0. The number of nitrogen functional groups attached to an aromatic ring is 1. The molecule has 352 valence electrons. The van der Waals surface area contributed by atoms with Crippen LogP contribution < -0.4 is 26.6 Å². The number of piperidine rings is 2. The van der Waals surface area contributed by atoms with E-state index in [1.165, 1.54) is 6.20 Å². The molecular weight excluding hydrogens is 863 g/mol. The number of hydrogen-bond donors (Lipinski definition) is 5. The van der Waals surface area contributed by atoms with Crippen LogP contribution in [0.2, 0.25) is 0 Å². The Balaban J connectivity index is 0.620. The van der Waals surface area contributed by atoms with Gasteiger partial charge in [0.05, 0.1) is 51.0 Å². The van der Waals surface area contributed by atoms with E-state index in [9.17, 15) is 24.3 Å². The van der Waals surface area contributed by atoms with Gasteiger partial charge in [-0.2, -0.15) is 0 Å². The summed E-state index contributed by atoms with van der Waals surface area (Å²) in [6.07, 6.45) is 9.42. The van der Waals surface area contributed by atoms with Gasteiger partial charge < -0.3 is 49.9 Å². The molecule has 3 saturated heterocycles. The zero-order valence-corrected chi connectivity index (χ0v) is 37.1. The maximum absolute atomic E-state index is 13.3.